The molecule has 1 aromatic rings. The standard InChI is InChI=1S/C17H19F3N4O4/c18-17(19,20)12-3-4-13(14(9-12)24(27)28)21-22-15(25)10-5-7-23(8-6-10)16(26)11-1-2-11/h3-4,9-11,21H,1-2,5-8H2,(H,22,25). The maximum absolute atomic E-state index is 12.7. The van der Waals surface area contributed by atoms with E-state index in [-0.39, 0.29) is 23.4 Å². The molecule has 1 saturated carbocycles. The first-order valence-electron chi connectivity index (χ1n) is 8.87. The van der Waals surface area contributed by atoms with E-state index in [1.807, 2.05) is 0 Å². The van der Waals surface area contributed by atoms with Gasteiger partial charge < -0.3 is 4.90 Å². The van der Waals surface area contributed by atoms with E-state index in [0.717, 1.165) is 18.9 Å². The Morgan fingerprint density at radius 1 is 1.11 bits per heavy atom. The summed E-state index contributed by atoms with van der Waals surface area (Å²) in [6, 6.07) is 2.01. The number of nitrogens with one attached hydrogen (secondary N) is 2. The number of alkyl halides is 3. The summed E-state index contributed by atoms with van der Waals surface area (Å²) in [5.74, 6) is -0.568. The monoisotopic (exact) mass is 400 g/mol. The summed E-state index contributed by atoms with van der Waals surface area (Å²) in [4.78, 5) is 36.1. The number of piperidine rings is 1. The fourth-order valence-corrected chi connectivity index (χ4v) is 3.15. The molecule has 8 nitrogen and oxygen atoms in total. The molecule has 2 amide bonds. The van der Waals surface area contributed by atoms with Gasteiger partial charge in [0.2, 0.25) is 11.8 Å². The van der Waals surface area contributed by atoms with Gasteiger partial charge in [0.05, 0.1) is 10.5 Å². The number of halogens is 3. The molecule has 0 aromatic heterocycles. The molecular weight excluding hydrogens is 381 g/mol. The van der Waals surface area contributed by atoms with Crippen molar-refractivity contribution in [2.75, 3.05) is 18.5 Å². The zero-order chi connectivity index (χ0) is 20.5. The Hall–Kier alpha value is -2.85. The molecule has 152 valence electrons. The van der Waals surface area contributed by atoms with Crippen LogP contribution in [0.2, 0.25) is 0 Å². The Labute approximate surface area is 158 Å². The molecule has 0 bridgehead atoms. The predicted molar refractivity (Wildman–Crippen MR) is 91.9 cm³/mol. The molecule has 0 spiro atoms. The average molecular weight is 400 g/mol. The molecule has 2 N–H and O–H groups in total. The molecule has 2 fully saturated rings. The van der Waals surface area contributed by atoms with Crippen LogP contribution in [0.25, 0.3) is 0 Å². The quantitative estimate of drug-likeness (QED) is 0.584. The van der Waals surface area contributed by atoms with Crippen LogP contribution < -0.4 is 10.9 Å². The molecule has 1 aromatic carbocycles. The van der Waals surface area contributed by atoms with Crippen LogP contribution in [0.3, 0.4) is 0 Å². The minimum atomic E-state index is -4.71. The lowest BCUT2D eigenvalue weighted by Crippen LogP contribution is -2.44. The zero-order valence-electron chi connectivity index (χ0n) is 14.8. The number of likely N-dealkylation sites (tertiary alicyclic amines) is 1. The molecule has 3 rings (SSSR count). The first kappa shape index (κ1) is 19.9. The van der Waals surface area contributed by atoms with Gasteiger partial charge in [0.1, 0.15) is 5.69 Å². The topological polar surface area (TPSA) is 105 Å². The van der Waals surface area contributed by atoms with E-state index < -0.39 is 28.3 Å². The van der Waals surface area contributed by atoms with Gasteiger partial charge in [0.15, 0.2) is 0 Å². The zero-order valence-corrected chi connectivity index (χ0v) is 14.8. The van der Waals surface area contributed by atoms with Crippen molar-refractivity contribution in [3.8, 4) is 0 Å². The lowest BCUT2D eigenvalue weighted by Gasteiger charge is -2.31. The lowest BCUT2D eigenvalue weighted by molar-refractivity contribution is -0.384. The second-order valence-corrected chi connectivity index (χ2v) is 6.97. The van der Waals surface area contributed by atoms with Crippen molar-refractivity contribution in [3.05, 3.63) is 33.9 Å². The summed E-state index contributed by atoms with van der Waals surface area (Å²) in [6.45, 7) is 0.932. The van der Waals surface area contributed by atoms with E-state index >= 15 is 0 Å². The molecule has 0 atom stereocenters. The number of carbonyl (C=O) groups is 2. The smallest absolute Gasteiger partial charge is 0.342 e. The molecule has 1 heterocycles. The van der Waals surface area contributed by atoms with Crippen molar-refractivity contribution < 1.29 is 27.7 Å². The number of nitrogens with zero attached hydrogens (tertiary/aromatic N) is 2. The Morgan fingerprint density at radius 2 is 1.75 bits per heavy atom. The largest absolute Gasteiger partial charge is 0.416 e. The fourth-order valence-electron chi connectivity index (χ4n) is 3.15. The molecule has 2 aliphatic rings. The molecular formula is C17H19F3N4O4. The molecule has 11 heteroatoms. The number of nitro groups is 1. The Balaban J connectivity index is 1.57. The van der Waals surface area contributed by atoms with Gasteiger partial charge in [-0.1, -0.05) is 0 Å². The summed E-state index contributed by atoms with van der Waals surface area (Å²) in [5, 5.41) is 11.1. The molecule has 1 aliphatic carbocycles. The highest BCUT2D eigenvalue weighted by molar-refractivity contribution is 5.83. The second-order valence-electron chi connectivity index (χ2n) is 6.97. The molecule has 28 heavy (non-hydrogen) atoms. The Kier molecular flexibility index (Phi) is 5.43. The van der Waals surface area contributed by atoms with Crippen LogP contribution >= 0.6 is 0 Å². The highest BCUT2D eigenvalue weighted by atomic mass is 19.4. The van der Waals surface area contributed by atoms with Gasteiger partial charge in [0.25, 0.3) is 5.69 Å². The number of amides is 2. The van der Waals surface area contributed by atoms with Crippen LogP contribution in [-0.2, 0) is 15.8 Å². The van der Waals surface area contributed by atoms with Gasteiger partial charge in [-0.25, -0.2) is 0 Å². The maximum Gasteiger partial charge on any atom is 0.416 e. The number of anilines is 1. The third-order valence-electron chi connectivity index (χ3n) is 4.95. The summed E-state index contributed by atoms with van der Waals surface area (Å²) in [6.07, 6.45) is -1.97. The SMILES string of the molecule is O=C(NNc1ccc(C(F)(F)F)cc1[N+](=O)[O-])C1CCN(C(=O)C2CC2)CC1. The van der Waals surface area contributed by atoms with Gasteiger partial charge in [-0.3, -0.25) is 30.6 Å². The van der Waals surface area contributed by atoms with E-state index in [1.165, 1.54) is 0 Å². The number of nitro benzene ring substituents is 1. The third kappa shape index (κ3) is 4.52. The fraction of sp³-hybridized carbons (Fsp3) is 0.529. The third-order valence-corrected chi connectivity index (χ3v) is 4.95. The summed E-state index contributed by atoms with van der Waals surface area (Å²) >= 11 is 0. The number of rotatable bonds is 5. The van der Waals surface area contributed by atoms with Gasteiger partial charge in [-0.15, -0.1) is 0 Å². The lowest BCUT2D eigenvalue weighted by atomic mass is 9.96. The van der Waals surface area contributed by atoms with E-state index in [1.54, 1.807) is 4.90 Å². The van der Waals surface area contributed by atoms with E-state index in [2.05, 4.69) is 10.9 Å². The summed E-state index contributed by atoms with van der Waals surface area (Å²) in [7, 11) is 0. The van der Waals surface area contributed by atoms with Crippen molar-refractivity contribution in [3.63, 3.8) is 0 Å². The molecule has 1 saturated heterocycles. The van der Waals surface area contributed by atoms with Gasteiger partial charge in [-0.2, -0.15) is 13.2 Å². The van der Waals surface area contributed by atoms with Crippen LogP contribution in [0.4, 0.5) is 24.5 Å². The van der Waals surface area contributed by atoms with Crippen molar-refractivity contribution in [1.29, 1.82) is 0 Å². The van der Waals surface area contributed by atoms with Crippen LogP contribution in [0, 0.1) is 22.0 Å². The average Bonchev–Trinajstić information content (AvgIpc) is 3.50. The minimum Gasteiger partial charge on any atom is -0.342 e. The normalized spacial score (nSPS) is 17.9. The van der Waals surface area contributed by atoms with E-state index in [9.17, 15) is 32.9 Å². The second kappa shape index (κ2) is 7.64. The van der Waals surface area contributed by atoms with E-state index in [0.29, 0.717) is 38.1 Å². The Bertz CT molecular complexity index is 787. The number of benzene rings is 1. The van der Waals surface area contributed by atoms with Crippen molar-refractivity contribution >= 4 is 23.2 Å². The highest BCUT2D eigenvalue weighted by Gasteiger charge is 2.36. The summed E-state index contributed by atoms with van der Waals surface area (Å²) in [5.41, 5.74) is 2.48. The Morgan fingerprint density at radius 3 is 2.29 bits per heavy atom. The highest BCUT2D eigenvalue weighted by Crippen LogP contribution is 2.35. The predicted octanol–water partition coefficient (Wildman–Crippen LogP) is 2.71. The molecule has 0 radical (unpaired) electrons. The van der Waals surface area contributed by atoms with Gasteiger partial charge in [-0.05, 0) is 37.8 Å². The van der Waals surface area contributed by atoms with Crippen LogP contribution in [0.5, 0.6) is 0 Å². The van der Waals surface area contributed by atoms with Gasteiger partial charge in [0, 0.05) is 31.0 Å². The minimum absolute atomic E-state index is 0.118. The first-order valence-corrected chi connectivity index (χ1v) is 8.87. The van der Waals surface area contributed by atoms with Crippen LogP contribution in [-0.4, -0.2) is 34.7 Å². The number of hydrogen-bond donors (Lipinski definition) is 2. The van der Waals surface area contributed by atoms with Crippen molar-refractivity contribution in [1.82, 2.24) is 10.3 Å². The number of hydrazine groups is 1. The van der Waals surface area contributed by atoms with E-state index in [4.69, 9.17) is 0 Å². The van der Waals surface area contributed by atoms with Gasteiger partial charge >= 0.3 is 6.18 Å². The summed E-state index contributed by atoms with van der Waals surface area (Å²) < 4.78 is 38.2. The molecule has 1 aliphatic heterocycles. The maximum atomic E-state index is 12.7. The first-order chi connectivity index (χ1) is 13.2. The van der Waals surface area contributed by atoms with Crippen LogP contribution in [0.15, 0.2) is 18.2 Å². The molecule has 0 unspecified atom stereocenters. The van der Waals surface area contributed by atoms with Crippen LogP contribution in [0.1, 0.15) is 31.2 Å². The van der Waals surface area contributed by atoms with Crippen molar-refractivity contribution in [2.45, 2.75) is 31.9 Å². The van der Waals surface area contributed by atoms with Crippen molar-refractivity contribution in [2.24, 2.45) is 11.8 Å². The number of hydrogen-bond acceptors (Lipinski definition) is 5. The number of carbonyl (C=O) groups excluding carboxylic acids is 2.